The summed E-state index contributed by atoms with van der Waals surface area (Å²) in [6.07, 6.45) is 6.00. The quantitative estimate of drug-likeness (QED) is 0.730. The first-order valence-corrected chi connectivity index (χ1v) is 10.6. The van der Waals surface area contributed by atoms with Crippen molar-refractivity contribution >= 4 is 17.7 Å². The maximum Gasteiger partial charge on any atom is 0.414 e. The van der Waals surface area contributed by atoms with Crippen LogP contribution in [0.25, 0.3) is 11.1 Å². The van der Waals surface area contributed by atoms with Gasteiger partial charge in [-0.15, -0.1) is 0 Å². The maximum atomic E-state index is 12.5. The molecule has 0 aliphatic carbocycles. The van der Waals surface area contributed by atoms with E-state index >= 15 is 0 Å². The maximum absolute atomic E-state index is 12.5. The number of anilines is 1. The van der Waals surface area contributed by atoms with E-state index < -0.39 is 6.09 Å². The molecule has 2 amide bonds. The van der Waals surface area contributed by atoms with Gasteiger partial charge >= 0.3 is 6.09 Å². The van der Waals surface area contributed by atoms with Crippen LogP contribution < -0.4 is 15.0 Å². The average molecular weight is 428 g/mol. The van der Waals surface area contributed by atoms with Crippen LogP contribution in [0.2, 0.25) is 0 Å². The SMILES string of the molecule is COC(=O)N1c2ccc(-c3cnn(CCO)c3)c(OCC3CCC(=O)N3)c2CC[C@@H]1C. The molecule has 2 aliphatic rings. The summed E-state index contributed by atoms with van der Waals surface area (Å²) in [7, 11) is 1.38. The third kappa shape index (κ3) is 4.23. The van der Waals surface area contributed by atoms with Gasteiger partial charge in [0.15, 0.2) is 0 Å². The zero-order valence-electron chi connectivity index (χ0n) is 17.8. The molecule has 1 unspecified atom stereocenters. The van der Waals surface area contributed by atoms with Crippen molar-refractivity contribution in [2.24, 2.45) is 0 Å². The Morgan fingerprint density at radius 2 is 2.16 bits per heavy atom. The van der Waals surface area contributed by atoms with Crippen LogP contribution in [0.15, 0.2) is 24.5 Å². The summed E-state index contributed by atoms with van der Waals surface area (Å²) in [6.45, 7) is 2.76. The lowest BCUT2D eigenvalue weighted by atomic mass is 9.92. The van der Waals surface area contributed by atoms with Gasteiger partial charge in [0.05, 0.1) is 38.2 Å². The molecule has 9 heteroatoms. The minimum absolute atomic E-state index is 0.00200. The lowest BCUT2D eigenvalue weighted by molar-refractivity contribution is -0.119. The number of aromatic nitrogens is 2. The molecule has 4 rings (SSSR count). The van der Waals surface area contributed by atoms with Crippen molar-refractivity contribution < 1.29 is 24.2 Å². The molecule has 1 aromatic carbocycles. The molecule has 1 saturated heterocycles. The predicted octanol–water partition coefficient (Wildman–Crippen LogP) is 2.11. The van der Waals surface area contributed by atoms with Gasteiger partial charge in [0.2, 0.25) is 5.91 Å². The normalized spacial score (nSPS) is 20.4. The van der Waals surface area contributed by atoms with Gasteiger partial charge in [0.1, 0.15) is 12.4 Å². The number of hydrogen-bond acceptors (Lipinski definition) is 6. The molecule has 9 nitrogen and oxygen atoms in total. The predicted molar refractivity (Wildman–Crippen MR) is 114 cm³/mol. The van der Waals surface area contributed by atoms with Gasteiger partial charge in [-0.25, -0.2) is 4.79 Å². The lowest BCUT2D eigenvalue weighted by Crippen LogP contribution is -2.42. The van der Waals surface area contributed by atoms with Gasteiger partial charge in [0, 0.05) is 35.3 Å². The number of ether oxygens (including phenoxy) is 2. The van der Waals surface area contributed by atoms with Gasteiger partial charge in [-0.05, 0) is 38.3 Å². The van der Waals surface area contributed by atoms with E-state index in [2.05, 4.69) is 10.4 Å². The second kappa shape index (κ2) is 8.97. The highest BCUT2D eigenvalue weighted by Crippen LogP contribution is 2.43. The number of hydrogen-bond donors (Lipinski definition) is 2. The molecule has 31 heavy (non-hydrogen) atoms. The summed E-state index contributed by atoms with van der Waals surface area (Å²) >= 11 is 0. The largest absolute Gasteiger partial charge is 0.490 e. The molecule has 2 aromatic rings. The number of nitrogens with one attached hydrogen (secondary N) is 1. The van der Waals surface area contributed by atoms with Crippen molar-refractivity contribution in [1.29, 1.82) is 0 Å². The summed E-state index contributed by atoms with van der Waals surface area (Å²) in [4.78, 5) is 25.7. The molecule has 1 fully saturated rings. The first-order valence-electron chi connectivity index (χ1n) is 10.6. The topological polar surface area (TPSA) is 106 Å². The molecule has 0 radical (unpaired) electrons. The second-order valence-electron chi connectivity index (χ2n) is 8.00. The fraction of sp³-hybridized carbons (Fsp3) is 0.500. The fourth-order valence-electron chi connectivity index (χ4n) is 4.29. The van der Waals surface area contributed by atoms with Gasteiger partial charge < -0.3 is 19.9 Å². The monoisotopic (exact) mass is 428 g/mol. The second-order valence-corrected chi connectivity index (χ2v) is 8.00. The molecule has 0 bridgehead atoms. The van der Waals surface area contributed by atoms with E-state index in [1.807, 2.05) is 25.3 Å². The molecule has 2 atom stereocenters. The first kappa shape index (κ1) is 21.2. The fourth-order valence-corrected chi connectivity index (χ4v) is 4.29. The number of benzene rings is 1. The van der Waals surface area contributed by atoms with Crippen LogP contribution in [0.5, 0.6) is 5.75 Å². The number of aliphatic hydroxyl groups is 1. The van der Waals surface area contributed by atoms with Crippen LogP contribution in [0.4, 0.5) is 10.5 Å². The zero-order chi connectivity index (χ0) is 22.0. The van der Waals surface area contributed by atoms with Crippen molar-refractivity contribution in [3.8, 4) is 16.9 Å². The van der Waals surface area contributed by atoms with E-state index in [-0.39, 0.29) is 24.6 Å². The van der Waals surface area contributed by atoms with Crippen molar-refractivity contribution in [3.63, 3.8) is 0 Å². The zero-order valence-corrected chi connectivity index (χ0v) is 17.8. The van der Waals surface area contributed by atoms with Crippen LogP contribution >= 0.6 is 0 Å². The van der Waals surface area contributed by atoms with E-state index in [1.54, 1.807) is 15.8 Å². The molecular weight excluding hydrogens is 400 g/mol. The Bertz CT molecular complexity index is 973. The number of rotatable bonds is 6. The van der Waals surface area contributed by atoms with E-state index in [1.165, 1.54) is 7.11 Å². The Morgan fingerprint density at radius 1 is 1.32 bits per heavy atom. The van der Waals surface area contributed by atoms with Crippen molar-refractivity contribution in [3.05, 3.63) is 30.1 Å². The van der Waals surface area contributed by atoms with Crippen LogP contribution in [-0.2, 0) is 22.5 Å². The number of carbonyl (C=O) groups is 2. The molecule has 2 aliphatic heterocycles. The number of aliphatic hydroxyl groups excluding tert-OH is 1. The molecule has 2 N–H and O–H groups in total. The minimum atomic E-state index is -0.397. The Balaban J connectivity index is 1.73. The van der Waals surface area contributed by atoms with Crippen LogP contribution in [-0.4, -0.2) is 59.3 Å². The molecular formula is C22H28N4O5. The Kier molecular flexibility index (Phi) is 6.13. The van der Waals surface area contributed by atoms with Gasteiger partial charge in [-0.3, -0.25) is 14.4 Å². The molecule has 0 spiro atoms. The van der Waals surface area contributed by atoms with Crippen molar-refractivity contribution in [2.45, 2.75) is 51.2 Å². The highest BCUT2D eigenvalue weighted by Gasteiger charge is 2.32. The van der Waals surface area contributed by atoms with Crippen molar-refractivity contribution in [2.75, 3.05) is 25.2 Å². The van der Waals surface area contributed by atoms with E-state index in [9.17, 15) is 14.7 Å². The smallest absolute Gasteiger partial charge is 0.414 e. The third-order valence-electron chi connectivity index (χ3n) is 5.91. The highest BCUT2D eigenvalue weighted by atomic mass is 16.5. The van der Waals surface area contributed by atoms with Crippen molar-refractivity contribution in [1.82, 2.24) is 15.1 Å². The van der Waals surface area contributed by atoms with Crippen LogP contribution in [0, 0.1) is 0 Å². The van der Waals surface area contributed by atoms with Crippen LogP contribution in [0.1, 0.15) is 31.7 Å². The molecule has 0 saturated carbocycles. The summed E-state index contributed by atoms with van der Waals surface area (Å²) in [5, 5.41) is 16.4. The van der Waals surface area contributed by atoms with Gasteiger partial charge in [-0.1, -0.05) is 0 Å². The number of methoxy groups -OCH3 is 1. The Labute approximate surface area is 180 Å². The van der Waals surface area contributed by atoms with E-state index in [0.29, 0.717) is 25.3 Å². The van der Waals surface area contributed by atoms with E-state index in [4.69, 9.17) is 9.47 Å². The summed E-state index contributed by atoms with van der Waals surface area (Å²) in [5.41, 5.74) is 3.46. The molecule has 166 valence electrons. The van der Waals surface area contributed by atoms with Crippen LogP contribution in [0.3, 0.4) is 0 Å². The number of fused-ring (bicyclic) bond motifs is 1. The van der Waals surface area contributed by atoms with Gasteiger partial charge in [0.25, 0.3) is 0 Å². The Morgan fingerprint density at radius 3 is 2.87 bits per heavy atom. The minimum Gasteiger partial charge on any atom is -0.490 e. The average Bonchev–Trinajstić information content (AvgIpc) is 3.40. The van der Waals surface area contributed by atoms with E-state index in [0.717, 1.165) is 41.6 Å². The first-order chi connectivity index (χ1) is 15.0. The Hall–Kier alpha value is -3.07. The third-order valence-corrected chi connectivity index (χ3v) is 5.91. The number of carbonyl (C=O) groups excluding carboxylic acids is 2. The standard InChI is InChI=1S/C22H28N4O5/c1-14-3-5-18-19(26(14)22(29)30-2)7-6-17(15-11-23-25(12-15)9-10-27)21(18)31-13-16-4-8-20(28)24-16/h6-7,11-12,14,16,27H,3-5,8-10,13H2,1-2H3,(H,24,28)/t14-,16?/m0/s1. The summed E-state index contributed by atoms with van der Waals surface area (Å²) in [6, 6.07) is 3.83. The lowest BCUT2D eigenvalue weighted by Gasteiger charge is -2.35. The summed E-state index contributed by atoms with van der Waals surface area (Å²) < 4.78 is 13.0. The number of nitrogens with zero attached hydrogens (tertiary/aromatic N) is 3. The molecule has 1 aromatic heterocycles. The van der Waals surface area contributed by atoms with Gasteiger partial charge in [-0.2, -0.15) is 5.10 Å². The molecule has 3 heterocycles. The highest BCUT2D eigenvalue weighted by molar-refractivity contribution is 5.92. The number of amides is 2. The summed E-state index contributed by atoms with van der Waals surface area (Å²) in [5.74, 6) is 0.739.